The van der Waals surface area contributed by atoms with Gasteiger partial charge in [-0.2, -0.15) is 0 Å². The first-order chi connectivity index (χ1) is 12.0. The molecule has 0 aliphatic carbocycles. The summed E-state index contributed by atoms with van der Waals surface area (Å²) in [5, 5.41) is 0. The van der Waals surface area contributed by atoms with E-state index in [2.05, 4.69) is 28.6 Å². The Kier molecular flexibility index (Phi) is 4.70. The van der Waals surface area contributed by atoms with Crippen LogP contribution in [0.25, 0.3) is 5.69 Å². The smallest absolute Gasteiger partial charge is 0.255 e. The molecule has 4 heteroatoms. The van der Waals surface area contributed by atoms with E-state index >= 15 is 0 Å². The molecular weight excluding hydrogens is 310 g/mol. The number of hydrogen-bond acceptors (Lipinski definition) is 2. The molecule has 0 N–H and O–H groups in total. The van der Waals surface area contributed by atoms with E-state index in [1.807, 2.05) is 51.2 Å². The largest absolute Gasteiger partial charge is 0.337 e. The van der Waals surface area contributed by atoms with Crippen LogP contribution in [0.1, 0.15) is 32.9 Å². The van der Waals surface area contributed by atoms with E-state index in [9.17, 15) is 4.79 Å². The maximum absolute atomic E-state index is 12.9. The molecule has 1 amide bonds. The van der Waals surface area contributed by atoms with Crippen molar-refractivity contribution >= 4 is 5.91 Å². The highest BCUT2D eigenvalue weighted by Gasteiger charge is 2.20. The molecule has 0 saturated heterocycles. The highest BCUT2D eigenvalue weighted by molar-refractivity contribution is 5.95. The minimum absolute atomic E-state index is 0.0248. The lowest BCUT2D eigenvalue weighted by atomic mass is 10.2. The van der Waals surface area contributed by atoms with Crippen molar-refractivity contribution in [2.24, 2.45) is 0 Å². The predicted molar refractivity (Wildman–Crippen MR) is 100 cm³/mol. The van der Waals surface area contributed by atoms with Crippen LogP contribution in [-0.2, 0) is 6.54 Å². The summed E-state index contributed by atoms with van der Waals surface area (Å²) in [6, 6.07) is 14.1. The van der Waals surface area contributed by atoms with Crippen LogP contribution in [0, 0.1) is 20.8 Å². The topological polar surface area (TPSA) is 38.1 Å². The van der Waals surface area contributed by atoms with E-state index in [4.69, 9.17) is 0 Å². The molecule has 0 saturated carbocycles. The fourth-order valence-corrected chi connectivity index (χ4v) is 3.21. The van der Waals surface area contributed by atoms with Gasteiger partial charge in [-0.15, -0.1) is 0 Å². The third-order valence-electron chi connectivity index (χ3n) is 4.51. The molecule has 0 aliphatic rings. The van der Waals surface area contributed by atoms with Gasteiger partial charge in [-0.1, -0.05) is 24.3 Å². The molecule has 0 spiro atoms. The normalized spacial score (nSPS) is 10.7. The van der Waals surface area contributed by atoms with Gasteiger partial charge in [0.05, 0.1) is 5.56 Å². The molecule has 0 aliphatic heterocycles. The van der Waals surface area contributed by atoms with Gasteiger partial charge in [0.15, 0.2) is 0 Å². The lowest BCUT2D eigenvalue weighted by Gasteiger charge is -2.18. The molecule has 2 aromatic heterocycles. The van der Waals surface area contributed by atoms with Gasteiger partial charge in [-0.25, -0.2) is 0 Å². The Morgan fingerprint density at radius 2 is 1.88 bits per heavy atom. The molecule has 0 atom stereocenters. The summed E-state index contributed by atoms with van der Waals surface area (Å²) in [6.07, 6.45) is 3.53. The number of carbonyl (C=O) groups excluding carboxylic acids is 1. The number of nitrogens with zero attached hydrogens (tertiary/aromatic N) is 3. The fraction of sp³-hybridized carbons (Fsp3) is 0.238. The van der Waals surface area contributed by atoms with Crippen LogP contribution in [0.15, 0.2) is 54.9 Å². The molecule has 0 unspecified atom stereocenters. The van der Waals surface area contributed by atoms with Crippen LogP contribution in [0.4, 0.5) is 0 Å². The molecular formula is C21H23N3O. The Balaban J connectivity index is 1.92. The summed E-state index contributed by atoms with van der Waals surface area (Å²) in [6.45, 7) is 6.67. The zero-order valence-corrected chi connectivity index (χ0v) is 15.2. The fourth-order valence-electron chi connectivity index (χ4n) is 3.21. The van der Waals surface area contributed by atoms with Crippen LogP contribution in [0.5, 0.6) is 0 Å². The number of aryl methyl sites for hydroxylation is 2. The van der Waals surface area contributed by atoms with Crippen molar-refractivity contribution in [2.45, 2.75) is 27.3 Å². The number of pyridine rings is 1. The average Bonchev–Trinajstić information content (AvgIpc) is 2.90. The van der Waals surface area contributed by atoms with Gasteiger partial charge in [-0.05, 0) is 50.1 Å². The number of carbonyl (C=O) groups is 1. The predicted octanol–water partition coefficient (Wildman–Crippen LogP) is 4.07. The van der Waals surface area contributed by atoms with Crippen molar-refractivity contribution in [1.29, 1.82) is 0 Å². The van der Waals surface area contributed by atoms with Crippen LogP contribution >= 0.6 is 0 Å². The third-order valence-corrected chi connectivity index (χ3v) is 4.51. The Morgan fingerprint density at radius 1 is 1.12 bits per heavy atom. The van der Waals surface area contributed by atoms with Crippen molar-refractivity contribution in [1.82, 2.24) is 14.5 Å². The third kappa shape index (κ3) is 3.33. The van der Waals surface area contributed by atoms with Crippen molar-refractivity contribution in [3.63, 3.8) is 0 Å². The number of para-hydroxylation sites is 1. The van der Waals surface area contributed by atoms with Crippen molar-refractivity contribution in [3.8, 4) is 5.69 Å². The Bertz CT molecular complexity index is 897. The SMILES string of the molecule is Cc1ccccc1-n1c(C)cc(C(=O)N(C)Cc2cccnc2)c1C. The summed E-state index contributed by atoms with van der Waals surface area (Å²) in [4.78, 5) is 18.8. The highest BCUT2D eigenvalue weighted by Crippen LogP contribution is 2.24. The monoisotopic (exact) mass is 333 g/mol. The molecule has 0 fully saturated rings. The maximum Gasteiger partial charge on any atom is 0.255 e. The number of hydrogen-bond donors (Lipinski definition) is 0. The minimum atomic E-state index is 0.0248. The second-order valence-corrected chi connectivity index (χ2v) is 6.43. The molecule has 3 aromatic rings. The van der Waals surface area contributed by atoms with E-state index in [-0.39, 0.29) is 5.91 Å². The van der Waals surface area contributed by atoms with Crippen LogP contribution < -0.4 is 0 Å². The van der Waals surface area contributed by atoms with E-state index in [0.29, 0.717) is 6.54 Å². The van der Waals surface area contributed by atoms with Gasteiger partial charge in [0, 0.05) is 43.1 Å². The van der Waals surface area contributed by atoms with E-state index < -0.39 is 0 Å². The van der Waals surface area contributed by atoms with E-state index in [1.54, 1.807) is 17.3 Å². The van der Waals surface area contributed by atoms with Crippen LogP contribution in [0.2, 0.25) is 0 Å². The van der Waals surface area contributed by atoms with Gasteiger partial charge < -0.3 is 9.47 Å². The molecule has 0 radical (unpaired) electrons. The summed E-state index contributed by atoms with van der Waals surface area (Å²) >= 11 is 0. The molecule has 25 heavy (non-hydrogen) atoms. The van der Waals surface area contributed by atoms with Gasteiger partial charge >= 0.3 is 0 Å². The standard InChI is InChI=1S/C21H23N3O/c1-15-8-5-6-10-20(15)24-16(2)12-19(17(24)3)21(25)23(4)14-18-9-7-11-22-13-18/h5-13H,14H2,1-4H3. The second-order valence-electron chi connectivity index (χ2n) is 6.43. The number of benzene rings is 1. The summed E-state index contributed by atoms with van der Waals surface area (Å²) in [5.41, 5.74) is 6.09. The first-order valence-electron chi connectivity index (χ1n) is 8.38. The molecule has 1 aromatic carbocycles. The second kappa shape index (κ2) is 6.93. The lowest BCUT2D eigenvalue weighted by Crippen LogP contribution is -2.26. The van der Waals surface area contributed by atoms with Crippen LogP contribution in [0.3, 0.4) is 0 Å². The maximum atomic E-state index is 12.9. The van der Waals surface area contributed by atoms with Gasteiger partial charge in [-0.3, -0.25) is 9.78 Å². The molecule has 4 nitrogen and oxygen atoms in total. The first kappa shape index (κ1) is 17.0. The van der Waals surface area contributed by atoms with Gasteiger partial charge in [0.2, 0.25) is 0 Å². The number of amides is 1. The zero-order valence-electron chi connectivity index (χ0n) is 15.2. The van der Waals surface area contributed by atoms with Crippen molar-refractivity contribution in [2.75, 3.05) is 7.05 Å². The summed E-state index contributed by atoms with van der Waals surface area (Å²) < 4.78 is 2.15. The summed E-state index contributed by atoms with van der Waals surface area (Å²) in [5.74, 6) is 0.0248. The van der Waals surface area contributed by atoms with Gasteiger partial charge in [0.25, 0.3) is 5.91 Å². The van der Waals surface area contributed by atoms with Gasteiger partial charge in [0.1, 0.15) is 0 Å². The average molecular weight is 333 g/mol. The van der Waals surface area contributed by atoms with E-state index in [1.165, 1.54) is 5.56 Å². The Morgan fingerprint density at radius 3 is 2.56 bits per heavy atom. The highest BCUT2D eigenvalue weighted by atomic mass is 16.2. The Hall–Kier alpha value is -2.88. The minimum Gasteiger partial charge on any atom is -0.337 e. The van der Waals surface area contributed by atoms with E-state index in [0.717, 1.165) is 28.2 Å². The van der Waals surface area contributed by atoms with Crippen molar-refractivity contribution < 1.29 is 4.79 Å². The first-order valence-corrected chi connectivity index (χ1v) is 8.38. The molecule has 2 heterocycles. The quantitative estimate of drug-likeness (QED) is 0.722. The lowest BCUT2D eigenvalue weighted by molar-refractivity contribution is 0.0784. The molecule has 3 rings (SSSR count). The number of aromatic nitrogens is 2. The molecule has 0 bridgehead atoms. The summed E-state index contributed by atoms with van der Waals surface area (Å²) in [7, 11) is 1.83. The molecule has 128 valence electrons. The Labute approximate surface area is 148 Å². The van der Waals surface area contributed by atoms with Crippen LogP contribution in [-0.4, -0.2) is 27.4 Å². The van der Waals surface area contributed by atoms with Crippen molar-refractivity contribution in [3.05, 3.63) is 82.9 Å². The number of rotatable bonds is 4. The zero-order chi connectivity index (χ0) is 18.0.